The van der Waals surface area contributed by atoms with E-state index < -0.39 is 0 Å². The van der Waals surface area contributed by atoms with Gasteiger partial charge in [-0.3, -0.25) is 0 Å². The number of fused-ring (bicyclic) bond motifs is 1. The second-order valence-electron chi connectivity index (χ2n) is 4.54. The molecule has 17 heavy (non-hydrogen) atoms. The van der Waals surface area contributed by atoms with E-state index in [1.165, 1.54) is 5.56 Å². The first-order valence-electron chi connectivity index (χ1n) is 6.34. The van der Waals surface area contributed by atoms with Crippen molar-refractivity contribution in [1.29, 1.82) is 0 Å². The zero-order valence-corrected chi connectivity index (χ0v) is 10.8. The summed E-state index contributed by atoms with van der Waals surface area (Å²) in [5.74, 6) is 1.66. The van der Waals surface area contributed by atoms with Crippen molar-refractivity contribution in [3.63, 3.8) is 0 Å². The van der Waals surface area contributed by atoms with Crippen LogP contribution in [0.25, 0.3) is 0 Å². The van der Waals surface area contributed by atoms with Crippen molar-refractivity contribution < 1.29 is 9.47 Å². The molecule has 0 radical (unpaired) electrons. The maximum atomic E-state index is 6.24. The van der Waals surface area contributed by atoms with Gasteiger partial charge in [-0.25, -0.2) is 0 Å². The molecule has 0 spiro atoms. The molecule has 2 unspecified atom stereocenters. The molecule has 2 atom stereocenters. The molecule has 0 saturated heterocycles. The molecular formula is C14H21NO2. The molecule has 2 rings (SSSR count). The Morgan fingerprint density at radius 3 is 2.71 bits per heavy atom. The van der Waals surface area contributed by atoms with Crippen LogP contribution in [0.4, 0.5) is 0 Å². The molecule has 0 aliphatic carbocycles. The van der Waals surface area contributed by atoms with Gasteiger partial charge in [-0.2, -0.15) is 0 Å². The Labute approximate surface area is 103 Å². The molecule has 0 amide bonds. The highest BCUT2D eigenvalue weighted by atomic mass is 16.5. The average Bonchev–Trinajstić information content (AvgIpc) is 2.66. The fourth-order valence-electron chi connectivity index (χ4n) is 2.36. The first kappa shape index (κ1) is 12.2. The van der Waals surface area contributed by atoms with Crippen molar-refractivity contribution in [3.8, 4) is 11.5 Å². The number of ether oxygens (including phenoxy) is 2. The zero-order valence-electron chi connectivity index (χ0n) is 10.8. The minimum absolute atomic E-state index is 0.0228. The van der Waals surface area contributed by atoms with Crippen molar-refractivity contribution >= 4 is 0 Å². The molecule has 1 aliphatic heterocycles. The van der Waals surface area contributed by atoms with Gasteiger partial charge in [0, 0.05) is 5.56 Å². The summed E-state index contributed by atoms with van der Waals surface area (Å²) >= 11 is 0. The standard InChI is InChI=1S/C14H21NO2/c1-4-6-11-13(15)10-7-9(5-2)8-12(16-3)14(10)17-11/h7-8,11,13H,4-6,15H2,1-3H3. The lowest BCUT2D eigenvalue weighted by Crippen LogP contribution is -2.24. The zero-order chi connectivity index (χ0) is 12.4. The van der Waals surface area contributed by atoms with Crippen molar-refractivity contribution in [2.75, 3.05) is 7.11 Å². The Bertz CT molecular complexity index is 403. The van der Waals surface area contributed by atoms with Gasteiger partial charge in [0.05, 0.1) is 13.2 Å². The van der Waals surface area contributed by atoms with Crippen LogP contribution >= 0.6 is 0 Å². The molecule has 94 valence electrons. The van der Waals surface area contributed by atoms with Crippen molar-refractivity contribution in [2.45, 2.75) is 45.3 Å². The van der Waals surface area contributed by atoms with Gasteiger partial charge in [-0.05, 0) is 24.5 Å². The molecule has 3 nitrogen and oxygen atoms in total. The SMILES string of the molecule is CCCC1Oc2c(OC)cc(CC)cc2C1N. The average molecular weight is 235 g/mol. The van der Waals surface area contributed by atoms with E-state index >= 15 is 0 Å². The van der Waals surface area contributed by atoms with E-state index in [2.05, 4.69) is 19.9 Å². The minimum Gasteiger partial charge on any atom is -0.493 e. The Kier molecular flexibility index (Phi) is 3.57. The van der Waals surface area contributed by atoms with Gasteiger partial charge in [-0.1, -0.05) is 26.3 Å². The van der Waals surface area contributed by atoms with Gasteiger partial charge < -0.3 is 15.2 Å². The molecule has 0 fully saturated rings. The summed E-state index contributed by atoms with van der Waals surface area (Å²) in [6.07, 6.45) is 3.14. The first-order chi connectivity index (χ1) is 8.21. The number of rotatable bonds is 4. The highest BCUT2D eigenvalue weighted by molar-refractivity contribution is 5.53. The van der Waals surface area contributed by atoms with E-state index in [0.717, 1.165) is 36.3 Å². The molecule has 1 aromatic rings. The quantitative estimate of drug-likeness (QED) is 0.872. The van der Waals surface area contributed by atoms with Crippen LogP contribution in [0.2, 0.25) is 0 Å². The Balaban J connectivity index is 2.38. The maximum Gasteiger partial charge on any atom is 0.166 e. The lowest BCUT2D eigenvalue weighted by Gasteiger charge is -2.13. The summed E-state index contributed by atoms with van der Waals surface area (Å²) < 4.78 is 11.3. The van der Waals surface area contributed by atoms with E-state index in [1.54, 1.807) is 7.11 Å². The van der Waals surface area contributed by atoms with E-state index in [-0.39, 0.29) is 12.1 Å². The molecular weight excluding hydrogens is 214 g/mol. The normalized spacial score (nSPS) is 22.1. The van der Waals surface area contributed by atoms with Gasteiger partial charge >= 0.3 is 0 Å². The maximum absolute atomic E-state index is 6.24. The fraction of sp³-hybridized carbons (Fsp3) is 0.571. The summed E-state index contributed by atoms with van der Waals surface area (Å²) in [4.78, 5) is 0. The van der Waals surface area contributed by atoms with Gasteiger partial charge in [0.2, 0.25) is 0 Å². The van der Waals surface area contributed by atoms with Crippen LogP contribution in [-0.4, -0.2) is 13.2 Å². The second-order valence-corrected chi connectivity index (χ2v) is 4.54. The highest BCUT2D eigenvalue weighted by Crippen LogP contribution is 2.44. The van der Waals surface area contributed by atoms with Crippen LogP contribution in [0, 0.1) is 0 Å². The summed E-state index contributed by atoms with van der Waals surface area (Å²) in [7, 11) is 1.68. The van der Waals surface area contributed by atoms with Gasteiger partial charge in [0.15, 0.2) is 11.5 Å². The highest BCUT2D eigenvalue weighted by Gasteiger charge is 2.33. The molecule has 1 heterocycles. The minimum atomic E-state index is -0.0228. The number of hydrogen-bond donors (Lipinski definition) is 1. The monoisotopic (exact) mass is 235 g/mol. The number of nitrogens with two attached hydrogens (primary N) is 1. The Morgan fingerprint density at radius 2 is 2.12 bits per heavy atom. The van der Waals surface area contributed by atoms with Crippen molar-refractivity contribution in [2.24, 2.45) is 5.73 Å². The predicted octanol–water partition coefficient (Wildman–Crippen LogP) is 2.82. The van der Waals surface area contributed by atoms with Crippen LogP contribution in [0.5, 0.6) is 11.5 Å². The van der Waals surface area contributed by atoms with Gasteiger partial charge in [-0.15, -0.1) is 0 Å². The van der Waals surface area contributed by atoms with E-state index in [0.29, 0.717) is 0 Å². The Hall–Kier alpha value is -1.22. The third kappa shape index (κ3) is 2.12. The van der Waals surface area contributed by atoms with Gasteiger partial charge in [0.1, 0.15) is 6.10 Å². The van der Waals surface area contributed by atoms with E-state index in [9.17, 15) is 0 Å². The van der Waals surface area contributed by atoms with Crippen LogP contribution in [-0.2, 0) is 6.42 Å². The molecule has 1 aromatic carbocycles. The van der Waals surface area contributed by atoms with E-state index in [4.69, 9.17) is 15.2 Å². The first-order valence-corrected chi connectivity index (χ1v) is 6.34. The predicted molar refractivity (Wildman–Crippen MR) is 68.6 cm³/mol. The van der Waals surface area contributed by atoms with Gasteiger partial charge in [0.25, 0.3) is 0 Å². The molecule has 3 heteroatoms. The molecule has 0 bridgehead atoms. The number of hydrogen-bond acceptors (Lipinski definition) is 3. The molecule has 0 saturated carbocycles. The molecule has 1 aliphatic rings. The fourth-order valence-corrected chi connectivity index (χ4v) is 2.36. The lowest BCUT2D eigenvalue weighted by atomic mass is 9.98. The number of aryl methyl sites for hydroxylation is 1. The van der Waals surface area contributed by atoms with Crippen LogP contribution in [0.15, 0.2) is 12.1 Å². The topological polar surface area (TPSA) is 44.5 Å². The molecule has 2 N–H and O–H groups in total. The summed E-state index contributed by atoms with van der Waals surface area (Å²) in [5.41, 5.74) is 8.59. The molecule has 0 aromatic heterocycles. The van der Waals surface area contributed by atoms with Crippen LogP contribution in [0.3, 0.4) is 0 Å². The van der Waals surface area contributed by atoms with Crippen LogP contribution < -0.4 is 15.2 Å². The third-order valence-corrected chi connectivity index (χ3v) is 3.37. The Morgan fingerprint density at radius 1 is 1.35 bits per heavy atom. The largest absolute Gasteiger partial charge is 0.493 e. The number of methoxy groups -OCH3 is 1. The summed E-state index contributed by atoms with van der Waals surface area (Å²) in [5, 5.41) is 0. The smallest absolute Gasteiger partial charge is 0.166 e. The number of benzene rings is 1. The van der Waals surface area contributed by atoms with Crippen LogP contribution in [0.1, 0.15) is 43.9 Å². The van der Waals surface area contributed by atoms with Crippen molar-refractivity contribution in [3.05, 3.63) is 23.3 Å². The summed E-state index contributed by atoms with van der Waals surface area (Å²) in [6.45, 7) is 4.28. The second kappa shape index (κ2) is 4.96. The van der Waals surface area contributed by atoms with Crippen molar-refractivity contribution in [1.82, 2.24) is 0 Å². The lowest BCUT2D eigenvalue weighted by molar-refractivity contribution is 0.189. The third-order valence-electron chi connectivity index (χ3n) is 3.37. The van der Waals surface area contributed by atoms with E-state index in [1.807, 2.05) is 6.07 Å². The summed E-state index contributed by atoms with van der Waals surface area (Å²) in [6, 6.07) is 4.17.